The van der Waals surface area contributed by atoms with E-state index in [1.165, 1.54) is 4.90 Å². The topological polar surface area (TPSA) is 49.4 Å². The van der Waals surface area contributed by atoms with Crippen LogP contribution in [0.25, 0.3) is 0 Å². The van der Waals surface area contributed by atoms with E-state index in [9.17, 15) is 9.59 Å². The predicted molar refractivity (Wildman–Crippen MR) is 40.0 cm³/mol. The van der Waals surface area contributed by atoms with Gasteiger partial charge in [-0.2, -0.15) is 0 Å². The van der Waals surface area contributed by atoms with Crippen molar-refractivity contribution < 1.29 is 9.59 Å². The second kappa shape index (κ2) is 2.90. The maximum atomic E-state index is 11.0. The van der Waals surface area contributed by atoms with Gasteiger partial charge in [-0.1, -0.05) is 13.3 Å². The molecule has 0 saturated carbocycles. The number of hydrogen-bond donors (Lipinski definition) is 1. The van der Waals surface area contributed by atoms with Crippen LogP contribution in [0.2, 0.25) is 0 Å². The summed E-state index contributed by atoms with van der Waals surface area (Å²) in [5.74, 6) is -0.167. The summed E-state index contributed by atoms with van der Waals surface area (Å²) in [4.78, 5) is 23.3. The minimum atomic E-state index is -0.284. The summed E-state index contributed by atoms with van der Waals surface area (Å²) in [6.45, 7) is 1.99. The van der Waals surface area contributed by atoms with Gasteiger partial charge in [0, 0.05) is 7.05 Å². The molecule has 1 rings (SSSR count). The first-order valence-corrected chi connectivity index (χ1v) is 3.74. The average molecular weight is 156 g/mol. The van der Waals surface area contributed by atoms with Crippen molar-refractivity contribution in [3.8, 4) is 0 Å². The van der Waals surface area contributed by atoms with Gasteiger partial charge in [-0.15, -0.1) is 0 Å². The Morgan fingerprint density at radius 2 is 2.18 bits per heavy atom. The van der Waals surface area contributed by atoms with Gasteiger partial charge in [0.05, 0.1) is 0 Å². The van der Waals surface area contributed by atoms with E-state index in [1.807, 2.05) is 6.92 Å². The zero-order valence-corrected chi connectivity index (χ0v) is 6.76. The number of likely N-dealkylation sites (N-methyl/N-ethyl adjacent to an activating group) is 1. The fraction of sp³-hybridized carbons (Fsp3) is 0.714. The first-order chi connectivity index (χ1) is 5.16. The molecule has 0 aliphatic carbocycles. The number of hydrogen-bond acceptors (Lipinski definition) is 2. The van der Waals surface area contributed by atoms with E-state index in [0.717, 1.165) is 12.8 Å². The number of amides is 3. The highest BCUT2D eigenvalue weighted by Gasteiger charge is 2.34. The summed E-state index contributed by atoms with van der Waals surface area (Å²) < 4.78 is 0. The molecular formula is C7H12N2O2. The summed E-state index contributed by atoms with van der Waals surface area (Å²) in [5.41, 5.74) is 0. The van der Waals surface area contributed by atoms with Crippen molar-refractivity contribution in [2.75, 3.05) is 7.05 Å². The van der Waals surface area contributed by atoms with E-state index >= 15 is 0 Å². The van der Waals surface area contributed by atoms with Gasteiger partial charge in [0.1, 0.15) is 6.04 Å². The van der Waals surface area contributed by atoms with Crippen LogP contribution in [-0.2, 0) is 4.79 Å². The van der Waals surface area contributed by atoms with Gasteiger partial charge in [0.15, 0.2) is 0 Å². The van der Waals surface area contributed by atoms with E-state index < -0.39 is 0 Å². The van der Waals surface area contributed by atoms with Gasteiger partial charge in [0.2, 0.25) is 0 Å². The molecule has 0 spiro atoms. The van der Waals surface area contributed by atoms with E-state index in [4.69, 9.17) is 0 Å². The standard InChI is InChI=1S/C7H12N2O2/c1-3-4-5-6(10)8-7(11)9(5)2/h5H,3-4H2,1-2H3,(H,8,10,11). The third-order valence-electron chi connectivity index (χ3n) is 1.88. The molecule has 0 radical (unpaired) electrons. The molecule has 1 fully saturated rings. The number of carbonyl (C=O) groups excluding carboxylic acids is 2. The first kappa shape index (κ1) is 8.04. The van der Waals surface area contributed by atoms with Crippen LogP contribution in [0.5, 0.6) is 0 Å². The highest BCUT2D eigenvalue weighted by Crippen LogP contribution is 2.10. The smallest absolute Gasteiger partial charge is 0.315 e. The molecule has 1 atom stereocenters. The van der Waals surface area contributed by atoms with Crippen molar-refractivity contribution >= 4 is 11.9 Å². The Bertz CT molecular complexity index is 191. The first-order valence-electron chi connectivity index (χ1n) is 3.74. The van der Waals surface area contributed by atoms with Crippen LogP contribution in [0.1, 0.15) is 19.8 Å². The average Bonchev–Trinajstić information content (AvgIpc) is 2.17. The van der Waals surface area contributed by atoms with Crippen molar-refractivity contribution in [3.05, 3.63) is 0 Å². The minimum Gasteiger partial charge on any atom is -0.315 e. The summed E-state index contributed by atoms with van der Waals surface area (Å²) >= 11 is 0. The maximum absolute atomic E-state index is 11.0. The monoisotopic (exact) mass is 156 g/mol. The fourth-order valence-electron chi connectivity index (χ4n) is 1.19. The van der Waals surface area contributed by atoms with Crippen LogP contribution in [0, 0.1) is 0 Å². The highest BCUT2D eigenvalue weighted by atomic mass is 16.2. The lowest BCUT2D eigenvalue weighted by Gasteiger charge is -2.14. The second-order valence-corrected chi connectivity index (χ2v) is 2.71. The predicted octanol–water partition coefficient (Wildman–Crippen LogP) is 0.337. The van der Waals surface area contributed by atoms with Crippen LogP contribution in [0.3, 0.4) is 0 Å². The van der Waals surface area contributed by atoms with E-state index in [1.54, 1.807) is 7.05 Å². The molecule has 1 unspecified atom stereocenters. The molecule has 0 bridgehead atoms. The molecule has 4 nitrogen and oxygen atoms in total. The highest BCUT2D eigenvalue weighted by molar-refractivity contribution is 6.03. The molecule has 11 heavy (non-hydrogen) atoms. The number of nitrogens with zero attached hydrogens (tertiary/aromatic N) is 1. The molecule has 1 saturated heterocycles. The van der Waals surface area contributed by atoms with Gasteiger partial charge < -0.3 is 4.90 Å². The molecule has 1 aliphatic heterocycles. The zero-order valence-electron chi connectivity index (χ0n) is 6.76. The number of carbonyl (C=O) groups is 2. The van der Waals surface area contributed by atoms with Gasteiger partial charge in [0.25, 0.3) is 5.91 Å². The third-order valence-corrected chi connectivity index (χ3v) is 1.88. The Morgan fingerprint density at radius 1 is 1.55 bits per heavy atom. The molecule has 0 aromatic rings. The van der Waals surface area contributed by atoms with Crippen molar-refractivity contribution in [3.63, 3.8) is 0 Å². The minimum absolute atomic E-state index is 0.167. The zero-order chi connectivity index (χ0) is 8.43. The molecule has 0 aromatic carbocycles. The lowest BCUT2D eigenvalue weighted by Crippen LogP contribution is -2.30. The molecule has 0 aromatic heterocycles. The molecule has 1 heterocycles. The van der Waals surface area contributed by atoms with E-state index in [0.29, 0.717) is 0 Å². The van der Waals surface area contributed by atoms with Crippen molar-refractivity contribution in [2.45, 2.75) is 25.8 Å². The number of urea groups is 1. The van der Waals surface area contributed by atoms with Gasteiger partial charge >= 0.3 is 6.03 Å². The molecule has 62 valence electrons. The molecular weight excluding hydrogens is 144 g/mol. The molecule has 1 N–H and O–H groups in total. The van der Waals surface area contributed by atoms with Crippen molar-refractivity contribution in [1.82, 2.24) is 10.2 Å². The van der Waals surface area contributed by atoms with E-state index in [2.05, 4.69) is 5.32 Å². The van der Waals surface area contributed by atoms with Crippen LogP contribution >= 0.6 is 0 Å². The van der Waals surface area contributed by atoms with Gasteiger partial charge in [-0.25, -0.2) is 4.79 Å². The van der Waals surface area contributed by atoms with Crippen LogP contribution in [0.15, 0.2) is 0 Å². The summed E-state index contributed by atoms with van der Waals surface area (Å²) in [6, 6.07) is -0.527. The Kier molecular flexibility index (Phi) is 2.12. The Balaban J connectivity index is 2.63. The summed E-state index contributed by atoms with van der Waals surface area (Å²) in [7, 11) is 1.64. The maximum Gasteiger partial charge on any atom is 0.324 e. The lowest BCUT2D eigenvalue weighted by molar-refractivity contribution is -0.121. The second-order valence-electron chi connectivity index (χ2n) is 2.71. The quantitative estimate of drug-likeness (QED) is 0.586. The number of nitrogens with one attached hydrogen (secondary N) is 1. The molecule has 3 amide bonds. The van der Waals surface area contributed by atoms with Gasteiger partial charge in [-0.05, 0) is 6.42 Å². The van der Waals surface area contributed by atoms with Crippen molar-refractivity contribution in [2.24, 2.45) is 0 Å². The number of imide groups is 1. The van der Waals surface area contributed by atoms with Crippen molar-refractivity contribution in [1.29, 1.82) is 0 Å². The third kappa shape index (κ3) is 1.34. The SMILES string of the molecule is CCCC1C(=O)NC(=O)N1C. The largest absolute Gasteiger partial charge is 0.324 e. The van der Waals surface area contributed by atoms with E-state index in [-0.39, 0.29) is 18.0 Å². The van der Waals surface area contributed by atoms with Crippen LogP contribution < -0.4 is 5.32 Å². The fourth-order valence-corrected chi connectivity index (χ4v) is 1.19. The van der Waals surface area contributed by atoms with Crippen LogP contribution in [-0.4, -0.2) is 29.9 Å². The van der Waals surface area contributed by atoms with Crippen LogP contribution in [0.4, 0.5) is 4.79 Å². The number of rotatable bonds is 2. The Hall–Kier alpha value is -1.06. The van der Waals surface area contributed by atoms with Gasteiger partial charge in [-0.3, -0.25) is 10.1 Å². The Labute approximate surface area is 65.6 Å². The normalized spacial score (nSPS) is 24.2. The summed E-state index contributed by atoms with van der Waals surface area (Å²) in [6.07, 6.45) is 1.66. The lowest BCUT2D eigenvalue weighted by atomic mass is 10.1. The summed E-state index contributed by atoms with van der Waals surface area (Å²) in [5, 5.41) is 2.25. The Morgan fingerprint density at radius 3 is 2.55 bits per heavy atom. The molecule has 1 aliphatic rings. The molecule has 4 heteroatoms.